The van der Waals surface area contributed by atoms with E-state index in [0.29, 0.717) is 6.42 Å². The molecular formula is C20H21ClFN5O3. The standard InChI is InChI=1S/C20H21ClFN5O3/c21-16-15(6-2-8-24-16)20(30)27-11-3-10-26(18(27)17(28)25-9-7-23)19(29)13-4-1-5-14(22)12-13/h1-2,4-6,8,12,18H,3,7,9-11,23H2,(H,25,28). The van der Waals surface area contributed by atoms with E-state index in [2.05, 4.69) is 10.3 Å². The molecule has 0 bridgehead atoms. The van der Waals surface area contributed by atoms with Gasteiger partial charge in [0.25, 0.3) is 17.7 Å². The second-order valence-corrected chi connectivity index (χ2v) is 7.01. The molecule has 30 heavy (non-hydrogen) atoms. The molecule has 3 rings (SSSR count). The van der Waals surface area contributed by atoms with Crippen molar-refractivity contribution in [2.45, 2.75) is 12.6 Å². The molecule has 0 spiro atoms. The van der Waals surface area contributed by atoms with Crippen LogP contribution >= 0.6 is 11.6 Å². The van der Waals surface area contributed by atoms with Crippen molar-refractivity contribution >= 4 is 29.3 Å². The Balaban J connectivity index is 1.97. The monoisotopic (exact) mass is 433 g/mol. The third-order valence-electron chi connectivity index (χ3n) is 4.65. The molecule has 2 aromatic rings. The molecule has 3 N–H and O–H groups in total. The van der Waals surface area contributed by atoms with Crippen LogP contribution in [0.1, 0.15) is 27.1 Å². The van der Waals surface area contributed by atoms with Crippen LogP contribution in [0.2, 0.25) is 5.15 Å². The first-order valence-corrected chi connectivity index (χ1v) is 9.77. The van der Waals surface area contributed by atoms with E-state index in [1.54, 1.807) is 6.07 Å². The van der Waals surface area contributed by atoms with Crippen molar-refractivity contribution in [3.05, 3.63) is 64.7 Å². The van der Waals surface area contributed by atoms with E-state index in [-0.39, 0.29) is 42.5 Å². The zero-order chi connectivity index (χ0) is 21.7. The fraction of sp³-hybridized carbons (Fsp3) is 0.300. The van der Waals surface area contributed by atoms with Crippen molar-refractivity contribution in [3.63, 3.8) is 0 Å². The lowest BCUT2D eigenvalue weighted by molar-refractivity contribution is -0.132. The zero-order valence-electron chi connectivity index (χ0n) is 16.1. The summed E-state index contributed by atoms with van der Waals surface area (Å²) in [5.74, 6) is -2.22. The molecule has 1 saturated heterocycles. The minimum atomic E-state index is -1.23. The van der Waals surface area contributed by atoms with Gasteiger partial charge < -0.3 is 20.9 Å². The average molecular weight is 434 g/mol. The number of amides is 3. The normalized spacial score (nSPS) is 16.3. The van der Waals surface area contributed by atoms with E-state index in [1.165, 1.54) is 40.3 Å². The molecule has 8 nitrogen and oxygen atoms in total. The molecule has 0 saturated carbocycles. The van der Waals surface area contributed by atoms with Gasteiger partial charge in [-0.25, -0.2) is 9.37 Å². The van der Waals surface area contributed by atoms with Crippen molar-refractivity contribution in [1.82, 2.24) is 20.1 Å². The molecule has 10 heteroatoms. The molecule has 0 radical (unpaired) electrons. The molecule has 1 aliphatic heterocycles. The summed E-state index contributed by atoms with van der Waals surface area (Å²) in [7, 11) is 0. The molecule has 2 heterocycles. The lowest BCUT2D eigenvalue weighted by atomic mass is 10.1. The maximum atomic E-state index is 13.6. The number of nitrogens with zero attached hydrogens (tertiary/aromatic N) is 3. The second-order valence-electron chi connectivity index (χ2n) is 6.66. The number of carbonyl (C=O) groups is 3. The fourth-order valence-electron chi connectivity index (χ4n) is 3.31. The average Bonchev–Trinajstić information content (AvgIpc) is 2.76. The number of halogens is 2. The lowest BCUT2D eigenvalue weighted by Gasteiger charge is -2.42. The van der Waals surface area contributed by atoms with Gasteiger partial charge in [-0.3, -0.25) is 14.4 Å². The molecule has 1 unspecified atom stereocenters. The Kier molecular flexibility index (Phi) is 6.96. The summed E-state index contributed by atoms with van der Waals surface area (Å²) in [5.41, 5.74) is 5.68. The minimum absolute atomic E-state index is 0.00260. The Morgan fingerprint density at radius 2 is 1.90 bits per heavy atom. The first kappa shape index (κ1) is 21.7. The van der Waals surface area contributed by atoms with Crippen molar-refractivity contribution in [2.75, 3.05) is 26.2 Å². The highest BCUT2D eigenvalue weighted by Gasteiger charge is 2.41. The number of hydrogen-bond acceptors (Lipinski definition) is 5. The lowest BCUT2D eigenvalue weighted by Crippen LogP contribution is -2.63. The topological polar surface area (TPSA) is 109 Å². The minimum Gasteiger partial charge on any atom is -0.351 e. The number of carbonyl (C=O) groups excluding carboxylic acids is 3. The number of nitrogens with one attached hydrogen (secondary N) is 1. The Morgan fingerprint density at radius 1 is 1.17 bits per heavy atom. The molecular weight excluding hydrogens is 413 g/mol. The van der Waals surface area contributed by atoms with Gasteiger partial charge >= 0.3 is 0 Å². The number of nitrogens with two attached hydrogens (primary N) is 1. The summed E-state index contributed by atoms with van der Waals surface area (Å²) in [4.78, 5) is 45.6. The van der Waals surface area contributed by atoms with Gasteiger partial charge in [0.15, 0.2) is 6.17 Å². The maximum absolute atomic E-state index is 13.6. The van der Waals surface area contributed by atoms with E-state index in [0.717, 1.165) is 6.07 Å². The largest absolute Gasteiger partial charge is 0.351 e. The summed E-state index contributed by atoms with van der Waals surface area (Å²) in [6.07, 6.45) is 0.649. The van der Waals surface area contributed by atoms with Gasteiger partial charge in [0.05, 0.1) is 5.56 Å². The highest BCUT2D eigenvalue weighted by molar-refractivity contribution is 6.32. The van der Waals surface area contributed by atoms with Crippen LogP contribution in [0.5, 0.6) is 0 Å². The van der Waals surface area contributed by atoms with Crippen LogP contribution in [-0.4, -0.2) is 64.9 Å². The van der Waals surface area contributed by atoms with Crippen LogP contribution in [0.15, 0.2) is 42.6 Å². The van der Waals surface area contributed by atoms with Gasteiger partial charge in [-0.2, -0.15) is 0 Å². The smallest absolute Gasteiger partial charge is 0.263 e. The molecule has 158 valence electrons. The number of aromatic nitrogens is 1. The Morgan fingerprint density at radius 3 is 2.57 bits per heavy atom. The van der Waals surface area contributed by atoms with Gasteiger partial charge in [-0.05, 0) is 36.8 Å². The Hall–Kier alpha value is -3.04. The quantitative estimate of drug-likeness (QED) is 0.690. The van der Waals surface area contributed by atoms with E-state index in [9.17, 15) is 18.8 Å². The zero-order valence-corrected chi connectivity index (χ0v) is 16.8. The number of benzene rings is 1. The van der Waals surface area contributed by atoms with Crippen molar-refractivity contribution in [2.24, 2.45) is 5.73 Å². The van der Waals surface area contributed by atoms with E-state index >= 15 is 0 Å². The summed E-state index contributed by atoms with van der Waals surface area (Å²) in [6.45, 7) is 0.823. The molecule has 1 aliphatic rings. The Labute approximate surface area is 177 Å². The van der Waals surface area contributed by atoms with Crippen LogP contribution < -0.4 is 11.1 Å². The summed E-state index contributed by atoms with van der Waals surface area (Å²) >= 11 is 6.06. The molecule has 1 aromatic carbocycles. The van der Waals surface area contributed by atoms with Crippen molar-refractivity contribution in [1.29, 1.82) is 0 Å². The predicted molar refractivity (Wildman–Crippen MR) is 108 cm³/mol. The van der Waals surface area contributed by atoms with Gasteiger partial charge in [0.2, 0.25) is 0 Å². The molecule has 1 aromatic heterocycles. The van der Waals surface area contributed by atoms with E-state index in [4.69, 9.17) is 17.3 Å². The molecule has 0 aliphatic carbocycles. The molecule has 1 atom stereocenters. The van der Waals surface area contributed by atoms with Crippen LogP contribution in [0.3, 0.4) is 0 Å². The van der Waals surface area contributed by atoms with Crippen LogP contribution in [0.4, 0.5) is 4.39 Å². The molecule has 3 amide bonds. The maximum Gasteiger partial charge on any atom is 0.263 e. The van der Waals surface area contributed by atoms with Crippen molar-refractivity contribution in [3.8, 4) is 0 Å². The summed E-state index contributed by atoms with van der Waals surface area (Å²) in [5, 5.41) is 2.62. The number of hydrogen-bond donors (Lipinski definition) is 2. The van der Waals surface area contributed by atoms with Gasteiger partial charge in [0.1, 0.15) is 11.0 Å². The van der Waals surface area contributed by atoms with Crippen LogP contribution in [-0.2, 0) is 4.79 Å². The Bertz CT molecular complexity index is 958. The third-order valence-corrected chi connectivity index (χ3v) is 4.95. The first-order chi connectivity index (χ1) is 14.4. The predicted octanol–water partition coefficient (Wildman–Crippen LogP) is 1.26. The molecule has 1 fully saturated rings. The van der Waals surface area contributed by atoms with Gasteiger partial charge in [-0.15, -0.1) is 0 Å². The first-order valence-electron chi connectivity index (χ1n) is 9.40. The van der Waals surface area contributed by atoms with Crippen molar-refractivity contribution < 1.29 is 18.8 Å². The van der Waals surface area contributed by atoms with Gasteiger partial charge in [0, 0.05) is 37.9 Å². The summed E-state index contributed by atoms with van der Waals surface area (Å²) in [6, 6.07) is 8.24. The number of pyridine rings is 1. The summed E-state index contributed by atoms with van der Waals surface area (Å²) < 4.78 is 13.6. The third kappa shape index (κ3) is 4.58. The van der Waals surface area contributed by atoms with E-state index in [1.807, 2.05) is 0 Å². The highest BCUT2D eigenvalue weighted by atomic mass is 35.5. The number of rotatable bonds is 5. The second kappa shape index (κ2) is 9.64. The van der Waals surface area contributed by atoms with Crippen LogP contribution in [0.25, 0.3) is 0 Å². The SMILES string of the molecule is NCCNC(=O)C1N(C(=O)c2cccc(F)c2)CCCN1C(=O)c1cccnc1Cl. The van der Waals surface area contributed by atoms with Gasteiger partial charge in [-0.1, -0.05) is 17.7 Å². The highest BCUT2D eigenvalue weighted by Crippen LogP contribution is 2.23. The van der Waals surface area contributed by atoms with Crippen LogP contribution in [0, 0.1) is 5.82 Å². The fourth-order valence-corrected chi connectivity index (χ4v) is 3.51. The van der Waals surface area contributed by atoms with E-state index < -0.39 is 29.7 Å².